The summed E-state index contributed by atoms with van der Waals surface area (Å²) in [5.74, 6) is 0.519. The van der Waals surface area contributed by atoms with Crippen molar-refractivity contribution in [1.29, 1.82) is 0 Å². The fraction of sp³-hybridized carbons (Fsp3) is 0.250. The second kappa shape index (κ2) is 7.53. The number of thioether (sulfide) groups is 1. The number of hydroxylamine groups is 1. The zero-order valence-corrected chi connectivity index (χ0v) is 13.4. The molecule has 0 fully saturated rings. The second-order valence-corrected chi connectivity index (χ2v) is 5.88. The van der Waals surface area contributed by atoms with Crippen LogP contribution in [0.1, 0.15) is 19.0 Å². The van der Waals surface area contributed by atoms with Gasteiger partial charge in [0.25, 0.3) is 0 Å². The van der Waals surface area contributed by atoms with Crippen molar-refractivity contribution in [3.05, 3.63) is 34.2 Å². The van der Waals surface area contributed by atoms with Gasteiger partial charge in [0.1, 0.15) is 5.82 Å². The number of amidine groups is 1. The van der Waals surface area contributed by atoms with E-state index in [1.807, 2.05) is 12.4 Å². The van der Waals surface area contributed by atoms with Gasteiger partial charge in [-0.25, -0.2) is 14.0 Å². The molecule has 1 aromatic carbocycles. The summed E-state index contributed by atoms with van der Waals surface area (Å²) < 4.78 is 18.2. The highest BCUT2D eigenvalue weighted by Crippen LogP contribution is 2.24. The van der Waals surface area contributed by atoms with Crippen LogP contribution in [0.3, 0.4) is 0 Å². The minimum Gasteiger partial charge on any atom is -0.290 e. The molecule has 0 saturated carbocycles. The topological polar surface area (TPSA) is 83.5 Å². The molecule has 0 radical (unpaired) electrons. The maximum atomic E-state index is 13.2. The Morgan fingerprint density at radius 2 is 2.33 bits per heavy atom. The summed E-state index contributed by atoms with van der Waals surface area (Å²) in [6.45, 7) is 2.04. The number of hydrogen-bond acceptors (Lipinski definition) is 6. The Kier molecular flexibility index (Phi) is 5.71. The number of benzene rings is 1. The van der Waals surface area contributed by atoms with E-state index in [4.69, 9.17) is 0 Å². The van der Waals surface area contributed by atoms with Crippen LogP contribution in [0.15, 0.2) is 37.3 Å². The first-order chi connectivity index (χ1) is 10.2. The maximum absolute atomic E-state index is 13.2. The third-order valence-electron chi connectivity index (χ3n) is 2.38. The molecule has 1 heterocycles. The molecule has 112 valence electrons. The lowest BCUT2D eigenvalue weighted by Crippen LogP contribution is -2.21. The Morgan fingerprint density at radius 1 is 1.52 bits per heavy atom. The van der Waals surface area contributed by atoms with Crippen LogP contribution in [0, 0.1) is 5.82 Å². The van der Waals surface area contributed by atoms with Crippen LogP contribution in [0.5, 0.6) is 0 Å². The predicted molar refractivity (Wildman–Crippen MR) is 80.5 cm³/mol. The maximum Gasteiger partial charge on any atom is 0.186 e. The van der Waals surface area contributed by atoms with Crippen LogP contribution in [0.2, 0.25) is 0 Å². The van der Waals surface area contributed by atoms with Gasteiger partial charge < -0.3 is 0 Å². The zero-order chi connectivity index (χ0) is 15.2. The smallest absolute Gasteiger partial charge is 0.186 e. The van der Waals surface area contributed by atoms with E-state index in [1.54, 1.807) is 0 Å². The Balaban J connectivity index is 2.32. The largest absolute Gasteiger partial charge is 0.290 e. The molecular formula is C12H12BrFN4O2S. The summed E-state index contributed by atoms with van der Waals surface area (Å²) >= 11 is 4.52. The van der Waals surface area contributed by atoms with Gasteiger partial charge in [0.15, 0.2) is 16.6 Å². The van der Waals surface area contributed by atoms with Gasteiger partial charge in [-0.05, 0) is 56.6 Å². The first-order valence-electron chi connectivity index (χ1n) is 6.05. The van der Waals surface area contributed by atoms with Gasteiger partial charge in [-0.15, -0.1) is 11.8 Å². The molecule has 0 atom stereocenters. The summed E-state index contributed by atoms with van der Waals surface area (Å²) in [7, 11) is 0. The molecule has 2 rings (SSSR count). The zero-order valence-electron chi connectivity index (χ0n) is 11.0. The molecule has 6 nitrogen and oxygen atoms in total. The molecule has 2 aromatic rings. The summed E-state index contributed by atoms with van der Waals surface area (Å²) in [4.78, 5) is 4.17. The number of hydrogen-bond donors (Lipinski definition) is 2. The molecule has 0 saturated heterocycles. The molecule has 0 spiro atoms. The molecule has 0 bridgehead atoms. The summed E-state index contributed by atoms with van der Waals surface area (Å²) in [5, 5.41) is 17.3. The molecule has 1 aromatic heterocycles. The first kappa shape index (κ1) is 15.9. The second-order valence-electron chi connectivity index (χ2n) is 3.94. The van der Waals surface area contributed by atoms with Crippen molar-refractivity contribution in [1.82, 2.24) is 15.8 Å². The normalized spacial score (nSPS) is 11.7. The summed E-state index contributed by atoms with van der Waals surface area (Å²) in [5.41, 5.74) is 2.71. The van der Waals surface area contributed by atoms with Crippen LogP contribution in [0.25, 0.3) is 0 Å². The molecule has 0 amide bonds. The van der Waals surface area contributed by atoms with E-state index in [0.717, 1.165) is 12.2 Å². The van der Waals surface area contributed by atoms with Crippen molar-refractivity contribution in [2.45, 2.75) is 18.4 Å². The predicted octanol–water partition coefficient (Wildman–Crippen LogP) is 3.53. The number of aromatic nitrogens is 2. The van der Waals surface area contributed by atoms with Crippen LogP contribution in [0.4, 0.5) is 10.1 Å². The lowest BCUT2D eigenvalue weighted by atomic mass is 10.3. The highest BCUT2D eigenvalue weighted by atomic mass is 79.9. The molecule has 0 aliphatic carbocycles. The van der Waals surface area contributed by atoms with E-state index in [2.05, 4.69) is 35.9 Å². The lowest BCUT2D eigenvalue weighted by Gasteiger charge is -2.03. The van der Waals surface area contributed by atoms with Gasteiger partial charge in [-0.1, -0.05) is 6.92 Å². The molecule has 2 N–H and O–H groups in total. The lowest BCUT2D eigenvalue weighted by molar-refractivity contribution is 0.234. The fourth-order valence-electron chi connectivity index (χ4n) is 1.43. The van der Waals surface area contributed by atoms with E-state index < -0.39 is 5.82 Å². The number of rotatable bonds is 5. The van der Waals surface area contributed by atoms with Crippen molar-refractivity contribution < 1.29 is 14.2 Å². The van der Waals surface area contributed by atoms with Gasteiger partial charge in [-0.2, -0.15) is 0 Å². The van der Waals surface area contributed by atoms with Gasteiger partial charge in [-0.3, -0.25) is 10.7 Å². The van der Waals surface area contributed by atoms with Crippen molar-refractivity contribution in [2.75, 3.05) is 5.75 Å². The minimum absolute atomic E-state index is 0.0772. The highest BCUT2D eigenvalue weighted by Gasteiger charge is 2.16. The number of aliphatic imine (C=N–C) groups is 1. The molecular weight excluding hydrogens is 363 g/mol. The average Bonchev–Trinajstić information content (AvgIpc) is 2.94. The molecule has 0 unspecified atom stereocenters. The van der Waals surface area contributed by atoms with E-state index in [0.29, 0.717) is 16.4 Å². The highest BCUT2D eigenvalue weighted by molar-refractivity contribution is 9.10. The van der Waals surface area contributed by atoms with Gasteiger partial charge in [0.2, 0.25) is 0 Å². The average molecular weight is 375 g/mol. The third-order valence-corrected chi connectivity index (χ3v) is 4.14. The van der Waals surface area contributed by atoms with Gasteiger partial charge >= 0.3 is 0 Å². The Labute approximate surface area is 132 Å². The standard InChI is InChI=1S/C12H12BrFN4O2S/c1-2-5-21-12-10(17-20-18-12)11(16-19)15-7-3-4-9(14)8(13)6-7/h3-4,6,19H,2,5H2,1H3,(H,15,16). The molecule has 0 aliphatic rings. The number of nitrogens with one attached hydrogen (secondary N) is 1. The van der Waals surface area contributed by atoms with Crippen molar-refractivity contribution in [3.8, 4) is 0 Å². The van der Waals surface area contributed by atoms with E-state index >= 15 is 0 Å². The molecule has 9 heteroatoms. The third kappa shape index (κ3) is 4.02. The van der Waals surface area contributed by atoms with Gasteiger partial charge in [0, 0.05) is 0 Å². The van der Waals surface area contributed by atoms with Crippen LogP contribution < -0.4 is 5.48 Å². The van der Waals surface area contributed by atoms with Crippen LogP contribution in [-0.2, 0) is 0 Å². The quantitative estimate of drug-likeness (QED) is 0.360. The molecule has 21 heavy (non-hydrogen) atoms. The van der Waals surface area contributed by atoms with Crippen molar-refractivity contribution in [2.24, 2.45) is 4.99 Å². The van der Waals surface area contributed by atoms with Crippen molar-refractivity contribution in [3.63, 3.8) is 0 Å². The summed E-state index contributed by atoms with van der Waals surface area (Å²) in [6.07, 6.45) is 0.959. The Morgan fingerprint density at radius 3 is 3.00 bits per heavy atom. The molecule has 0 aliphatic heterocycles. The number of nitrogens with zero attached hydrogens (tertiary/aromatic N) is 3. The van der Waals surface area contributed by atoms with Crippen LogP contribution >= 0.6 is 27.7 Å². The van der Waals surface area contributed by atoms with E-state index in [9.17, 15) is 9.60 Å². The Hall–Kier alpha value is -1.45. The minimum atomic E-state index is -0.394. The monoisotopic (exact) mass is 374 g/mol. The van der Waals surface area contributed by atoms with Crippen molar-refractivity contribution >= 4 is 39.2 Å². The summed E-state index contributed by atoms with van der Waals surface area (Å²) in [6, 6.07) is 4.23. The van der Waals surface area contributed by atoms with E-state index in [-0.39, 0.29) is 10.3 Å². The van der Waals surface area contributed by atoms with Gasteiger partial charge in [0.05, 0.1) is 10.2 Å². The SMILES string of the molecule is CCCSc1nonc1/C(=N/c1ccc(F)c(Br)c1)NO. The Bertz CT molecular complexity index is 650. The fourth-order valence-corrected chi connectivity index (χ4v) is 2.55. The first-order valence-corrected chi connectivity index (χ1v) is 7.83. The number of halogens is 2. The van der Waals surface area contributed by atoms with E-state index in [1.165, 1.54) is 30.0 Å². The van der Waals surface area contributed by atoms with Crippen LogP contribution in [-0.4, -0.2) is 27.1 Å².